The van der Waals surface area contributed by atoms with Crippen molar-refractivity contribution in [1.29, 1.82) is 0 Å². The van der Waals surface area contributed by atoms with E-state index < -0.39 is 0 Å². The van der Waals surface area contributed by atoms with Gasteiger partial charge in [0.2, 0.25) is 0 Å². The van der Waals surface area contributed by atoms with Crippen LogP contribution in [0.1, 0.15) is 32.6 Å². The van der Waals surface area contributed by atoms with Gasteiger partial charge >= 0.3 is 5.97 Å². The molecule has 0 radical (unpaired) electrons. The topological polar surface area (TPSA) is 26.3 Å². The monoisotopic (exact) mass is 272 g/mol. The van der Waals surface area contributed by atoms with E-state index in [1.807, 2.05) is 30.4 Å². The van der Waals surface area contributed by atoms with Crippen molar-refractivity contribution >= 4 is 29.5 Å². The predicted molar refractivity (Wildman–Crippen MR) is 75.4 cm³/mol. The van der Waals surface area contributed by atoms with Gasteiger partial charge in [-0.15, -0.1) is 23.5 Å². The molecule has 1 spiro atoms. The van der Waals surface area contributed by atoms with Crippen LogP contribution in [0.25, 0.3) is 0 Å². The third kappa shape index (κ3) is 3.02. The van der Waals surface area contributed by atoms with E-state index in [9.17, 15) is 4.79 Å². The molecule has 0 aromatic heterocycles. The van der Waals surface area contributed by atoms with Crippen molar-refractivity contribution in [3.8, 4) is 0 Å². The number of ether oxygens (including phenoxy) is 1. The number of hydrogen-bond donors (Lipinski definition) is 0. The molecule has 0 bridgehead atoms. The van der Waals surface area contributed by atoms with Gasteiger partial charge in [0.05, 0.1) is 17.1 Å². The second-order valence-electron chi connectivity index (χ2n) is 4.70. The molecule has 2 aliphatic rings. The lowest BCUT2D eigenvalue weighted by Gasteiger charge is -2.37. The predicted octanol–water partition coefficient (Wildman–Crippen LogP) is 3.47. The van der Waals surface area contributed by atoms with Crippen molar-refractivity contribution in [2.24, 2.45) is 5.92 Å². The van der Waals surface area contributed by atoms with Crippen LogP contribution in [-0.2, 0) is 9.53 Å². The van der Waals surface area contributed by atoms with Crippen LogP contribution >= 0.6 is 23.5 Å². The molecule has 0 aromatic rings. The number of thioether (sulfide) groups is 2. The van der Waals surface area contributed by atoms with Gasteiger partial charge in [-0.1, -0.05) is 12.2 Å². The quantitative estimate of drug-likeness (QED) is 0.580. The molecule has 1 aliphatic carbocycles. The highest BCUT2D eigenvalue weighted by atomic mass is 32.2. The molecule has 0 amide bonds. The Bertz CT molecular complexity index is 309. The lowest BCUT2D eigenvalue weighted by atomic mass is 10.0. The summed E-state index contributed by atoms with van der Waals surface area (Å²) in [5.74, 6) is 2.82. The third-order valence-electron chi connectivity index (χ3n) is 3.35. The van der Waals surface area contributed by atoms with Gasteiger partial charge in [-0.25, -0.2) is 0 Å². The first kappa shape index (κ1) is 13.3. The van der Waals surface area contributed by atoms with Crippen molar-refractivity contribution in [3.05, 3.63) is 12.2 Å². The Labute approximate surface area is 112 Å². The molecule has 1 unspecified atom stereocenters. The fourth-order valence-corrected chi connectivity index (χ4v) is 6.35. The highest BCUT2D eigenvalue weighted by Gasteiger charge is 2.47. The van der Waals surface area contributed by atoms with Gasteiger partial charge in [0.1, 0.15) is 0 Å². The Hall–Kier alpha value is -0.0900. The van der Waals surface area contributed by atoms with Crippen LogP contribution in [0.5, 0.6) is 0 Å². The van der Waals surface area contributed by atoms with Crippen LogP contribution in [0.2, 0.25) is 0 Å². The SMILES string of the molecule is C=C1CC(CC(=O)OCC)C2(C1)SCCCS2. The van der Waals surface area contributed by atoms with E-state index in [1.165, 1.54) is 23.5 Å². The number of esters is 1. The minimum Gasteiger partial charge on any atom is -0.466 e. The third-order valence-corrected chi connectivity index (χ3v) is 6.98. The van der Waals surface area contributed by atoms with E-state index in [2.05, 4.69) is 6.58 Å². The molecule has 1 saturated carbocycles. The average molecular weight is 272 g/mol. The van der Waals surface area contributed by atoms with E-state index in [-0.39, 0.29) is 10.0 Å². The van der Waals surface area contributed by atoms with Crippen LogP contribution in [0, 0.1) is 5.92 Å². The van der Waals surface area contributed by atoms with Crippen molar-refractivity contribution in [2.75, 3.05) is 18.1 Å². The average Bonchev–Trinajstić information content (AvgIpc) is 2.56. The molecule has 1 heterocycles. The molecule has 1 saturated heterocycles. The van der Waals surface area contributed by atoms with Crippen LogP contribution in [0.4, 0.5) is 0 Å². The first-order valence-corrected chi connectivity index (χ1v) is 8.23. The summed E-state index contributed by atoms with van der Waals surface area (Å²) in [6.45, 7) is 6.48. The first-order valence-electron chi connectivity index (χ1n) is 6.26. The van der Waals surface area contributed by atoms with E-state index in [1.54, 1.807) is 0 Å². The van der Waals surface area contributed by atoms with Gasteiger partial charge in [-0.05, 0) is 43.6 Å². The maximum atomic E-state index is 11.7. The fraction of sp³-hybridized carbons (Fsp3) is 0.769. The van der Waals surface area contributed by atoms with Crippen molar-refractivity contribution < 1.29 is 9.53 Å². The number of hydrogen-bond acceptors (Lipinski definition) is 4. The molecule has 2 fully saturated rings. The molecule has 4 heteroatoms. The molecule has 17 heavy (non-hydrogen) atoms. The molecular formula is C13H20O2S2. The number of carbonyl (C=O) groups excluding carboxylic acids is 1. The lowest BCUT2D eigenvalue weighted by molar-refractivity contribution is -0.144. The van der Waals surface area contributed by atoms with E-state index >= 15 is 0 Å². The van der Waals surface area contributed by atoms with Crippen LogP contribution in [0.15, 0.2) is 12.2 Å². The summed E-state index contributed by atoms with van der Waals surface area (Å²) >= 11 is 4.08. The van der Waals surface area contributed by atoms with Gasteiger partial charge in [0.15, 0.2) is 0 Å². The summed E-state index contributed by atoms with van der Waals surface area (Å²) in [4.78, 5) is 11.7. The zero-order valence-electron chi connectivity index (χ0n) is 10.4. The Morgan fingerprint density at radius 3 is 2.88 bits per heavy atom. The molecule has 2 nitrogen and oxygen atoms in total. The summed E-state index contributed by atoms with van der Waals surface area (Å²) < 4.78 is 5.31. The maximum Gasteiger partial charge on any atom is 0.306 e. The van der Waals surface area contributed by atoms with Crippen molar-refractivity contribution in [1.82, 2.24) is 0 Å². The van der Waals surface area contributed by atoms with E-state index in [0.717, 1.165) is 12.8 Å². The van der Waals surface area contributed by atoms with Crippen LogP contribution in [-0.4, -0.2) is 28.2 Å². The van der Waals surface area contributed by atoms with E-state index in [0.29, 0.717) is 18.9 Å². The van der Waals surface area contributed by atoms with Crippen molar-refractivity contribution in [3.63, 3.8) is 0 Å². The van der Waals surface area contributed by atoms with Crippen LogP contribution in [0.3, 0.4) is 0 Å². The van der Waals surface area contributed by atoms with Gasteiger partial charge in [-0.2, -0.15) is 0 Å². The molecule has 1 aliphatic heterocycles. The molecule has 0 N–H and O–H groups in total. The minimum absolute atomic E-state index is 0.0432. The van der Waals surface area contributed by atoms with Crippen molar-refractivity contribution in [2.45, 2.75) is 36.7 Å². The Morgan fingerprint density at radius 1 is 1.53 bits per heavy atom. The minimum atomic E-state index is -0.0432. The van der Waals surface area contributed by atoms with E-state index in [4.69, 9.17) is 4.74 Å². The standard InChI is InChI=1S/C13H20O2S2/c1-3-15-12(14)8-11-7-10(2)9-13(11)16-5-4-6-17-13/h11H,2-9H2,1H3. The maximum absolute atomic E-state index is 11.7. The Morgan fingerprint density at radius 2 is 2.24 bits per heavy atom. The summed E-state index contributed by atoms with van der Waals surface area (Å²) in [6.07, 6.45) is 3.92. The first-order chi connectivity index (χ1) is 8.16. The smallest absolute Gasteiger partial charge is 0.306 e. The normalized spacial score (nSPS) is 27.4. The lowest BCUT2D eigenvalue weighted by Crippen LogP contribution is -2.31. The zero-order chi connectivity index (χ0) is 12.3. The molecule has 1 atom stereocenters. The highest BCUT2D eigenvalue weighted by Crippen LogP contribution is 2.58. The molecular weight excluding hydrogens is 252 g/mol. The summed E-state index contributed by atoms with van der Waals surface area (Å²) in [6, 6.07) is 0. The highest BCUT2D eigenvalue weighted by molar-refractivity contribution is 8.18. The number of allylic oxidation sites excluding steroid dienone is 1. The zero-order valence-corrected chi connectivity index (χ0v) is 12.0. The second-order valence-corrected chi connectivity index (χ2v) is 7.81. The molecule has 2 rings (SSSR count). The Balaban J connectivity index is 2.03. The van der Waals surface area contributed by atoms with Gasteiger partial charge in [0.25, 0.3) is 0 Å². The second kappa shape index (κ2) is 5.70. The van der Waals surface area contributed by atoms with Gasteiger partial charge < -0.3 is 4.74 Å². The summed E-state index contributed by atoms with van der Waals surface area (Å²) in [7, 11) is 0. The van der Waals surface area contributed by atoms with Crippen LogP contribution < -0.4 is 0 Å². The fourth-order valence-electron chi connectivity index (χ4n) is 2.65. The molecule has 96 valence electrons. The molecule has 0 aromatic carbocycles. The van der Waals surface area contributed by atoms with Gasteiger partial charge in [0, 0.05) is 0 Å². The largest absolute Gasteiger partial charge is 0.466 e. The number of rotatable bonds is 3. The summed E-state index contributed by atoms with van der Waals surface area (Å²) in [5.41, 5.74) is 1.31. The van der Waals surface area contributed by atoms with Gasteiger partial charge in [-0.3, -0.25) is 4.79 Å². The summed E-state index contributed by atoms with van der Waals surface area (Å²) in [5, 5.41) is 0. The Kier molecular flexibility index (Phi) is 4.47. The number of carbonyl (C=O) groups is 1.